The molecule has 0 bridgehead atoms. The molecule has 3 aliphatic rings. The van der Waals surface area contributed by atoms with E-state index in [-0.39, 0.29) is 48.4 Å². The Morgan fingerprint density at radius 2 is 1.84 bits per heavy atom. The Kier molecular flexibility index (Phi) is 7.51. The van der Waals surface area contributed by atoms with Gasteiger partial charge in [-0.1, -0.05) is 56.3 Å². The van der Waals surface area contributed by atoms with Crippen molar-refractivity contribution in [2.45, 2.75) is 68.0 Å². The molecule has 0 aromatic heterocycles. The molecule has 3 fully saturated rings. The van der Waals surface area contributed by atoms with Crippen molar-refractivity contribution in [1.82, 2.24) is 4.90 Å². The molecule has 6 unspecified atom stereocenters. The molecule has 0 amide bonds. The fourth-order valence-corrected chi connectivity index (χ4v) is 6.57. The van der Waals surface area contributed by atoms with Crippen LogP contribution in [0.5, 0.6) is 0 Å². The van der Waals surface area contributed by atoms with Crippen LogP contribution in [0.4, 0.5) is 4.39 Å². The van der Waals surface area contributed by atoms with Crippen LogP contribution in [0.3, 0.4) is 0 Å². The second kappa shape index (κ2) is 9.81. The van der Waals surface area contributed by atoms with Gasteiger partial charge in [-0.05, 0) is 36.5 Å². The number of nitrogens with zero attached hydrogens (tertiary/aromatic N) is 1. The van der Waals surface area contributed by atoms with Crippen LogP contribution >= 0.6 is 0 Å². The number of halogens is 1. The van der Waals surface area contributed by atoms with Crippen molar-refractivity contribution >= 4 is 12.3 Å². The molecule has 3 saturated heterocycles. The first-order valence-electron chi connectivity index (χ1n) is 12.1. The van der Waals surface area contributed by atoms with Crippen LogP contribution in [0.1, 0.15) is 44.2 Å². The molecule has 6 atom stereocenters. The van der Waals surface area contributed by atoms with Gasteiger partial charge >= 0.3 is 29.6 Å². The molecule has 10 heteroatoms. The molecule has 192 valence electrons. The van der Waals surface area contributed by atoms with E-state index < -0.39 is 53.1 Å². The molecular weight excluding hydrogens is 492 g/mol. The van der Waals surface area contributed by atoms with Crippen LogP contribution in [-0.2, 0) is 30.4 Å². The summed E-state index contributed by atoms with van der Waals surface area (Å²) < 4.78 is 26.9. The number of aliphatic hydroxyl groups excluding tert-OH is 1. The molecule has 37 heavy (non-hydrogen) atoms. The van der Waals surface area contributed by atoms with Crippen LogP contribution in [-0.4, -0.2) is 57.4 Å². The SMILES string of the molecule is CC(C)C12OC(CC(O)CC(=O)[O-])CCN1C(O)(c1ccc(F)cc1)C1(c3ccccc3)OC21C=O.[Na+]. The van der Waals surface area contributed by atoms with Gasteiger partial charge in [-0.25, -0.2) is 9.29 Å². The average molecular weight is 522 g/mol. The number of aliphatic carboxylic acids is 1. The predicted octanol–water partition coefficient (Wildman–Crippen LogP) is -1.81. The minimum Gasteiger partial charge on any atom is -0.550 e. The summed E-state index contributed by atoms with van der Waals surface area (Å²) in [5.74, 6) is -2.23. The molecule has 5 rings (SSSR count). The van der Waals surface area contributed by atoms with Crippen molar-refractivity contribution in [3.05, 3.63) is 71.5 Å². The van der Waals surface area contributed by atoms with Gasteiger partial charge in [-0.2, -0.15) is 0 Å². The number of epoxide rings is 1. The summed E-state index contributed by atoms with van der Waals surface area (Å²) in [4.78, 5) is 25.7. The number of hydrogen-bond acceptors (Lipinski definition) is 8. The smallest absolute Gasteiger partial charge is 0.550 e. The second-order valence-corrected chi connectivity index (χ2v) is 10.2. The molecule has 0 saturated carbocycles. The number of carbonyl (C=O) groups is 2. The Balaban J connectivity index is 0.00000320. The number of aliphatic hydroxyl groups is 2. The fraction of sp³-hybridized carbons (Fsp3) is 0.481. The largest absolute Gasteiger partial charge is 1.00 e. The van der Waals surface area contributed by atoms with Gasteiger partial charge in [0.1, 0.15) is 5.82 Å². The van der Waals surface area contributed by atoms with E-state index in [4.69, 9.17) is 9.47 Å². The van der Waals surface area contributed by atoms with E-state index in [1.165, 1.54) is 24.3 Å². The van der Waals surface area contributed by atoms with Crippen LogP contribution in [0.2, 0.25) is 0 Å². The van der Waals surface area contributed by atoms with Crippen molar-refractivity contribution in [3.63, 3.8) is 0 Å². The van der Waals surface area contributed by atoms with Crippen LogP contribution in [0.25, 0.3) is 0 Å². The summed E-state index contributed by atoms with van der Waals surface area (Å²) in [5.41, 5.74) is -5.63. The minimum absolute atomic E-state index is 0. The van der Waals surface area contributed by atoms with Gasteiger partial charge in [0.15, 0.2) is 23.3 Å². The van der Waals surface area contributed by atoms with Crippen LogP contribution in [0, 0.1) is 11.7 Å². The normalized spacial score (nSPS) is 35.2. The van der Waals surface area contributed by atoms with Crippen molar-refractivity contribution < 1.29 is 68.3 Å². The van der Waals surface area contributed by atoms with Gasteiger partial charge in [-0.3, -0.25) is 4.79 Å². The van der Waals surface area contributed by atoms with Gasteiger partial charge in [0.25, 0.3) is 0 Å². The summed E-state index contributed by atoms with van der Waals surface area (Å²) in [5, 5.41) is 33.9. The van der Waals surface area contributed by atoms with E-state index in [0.717, 1.165) is 0 Å². The average Bonchev–Trinajstić information content (AvgIpc) is 3.52. The number of fused-ring (bicyclic) bond motifs is 3. The Morgan fingerprint density at radius 1 is 1.19 bits per heavy atom. The summed E-state index contributed by atoms with van der Waals surface area (Å²) in [7, 11) is 0. The van der Waals surface area contributed by atoms with E-state index in [1.807, 2.05) is 19.9 Å². The Labute approximate surface area is 236 Å². The number of benzene rings is 2. The maximum atomic E-state index is 13.9. The number of rotatable bonds is 8. The summed E-state index contributed by atoms with van der Waals surface area (Å²) in [6, 6.07) is 14.4. The molecule has 8 nitrogen and oxygen atoms in total. The second-order valence-electron chi connectivity index (χ2n) is 10.2. The molecule has 2 aromatic rings. The zero-order chi connectivity index (χ0) is 25.9. The standard InChI is InChI=1S/C27H30FNO7.Na/c1-17(2)27-24(16-30)25(36-24,18-6-4-3-5-7-18)26(34,19-8-10-20(28)11-9-19)29(27)13-12-22(35-27)14-21(31)15-23(32)33;/h3-11,16-17,21-22,31,34H,12-15H2,1-2H3,(H,32,33);/q;+1/p-1. The van der Waals surface area contributed by atoms with Gasteiger partial charge in [0, 0.05) is 24.5 Å². The van der Waals surface area contributed by atoms with Crippen molar-refractivity contribution in [2.75, 3.05) is 6.54 Å². The molecule has 0 spiro atoms. The summed E-state index contributed by atoms with van der Waals surface area (Å²) in [6.07, 6.45) is -1.31. The van der Waals surface area contributed by atoms with Gasteiger partial charge in [0.05, 0.1) is 12.2 Å². The minimum atomic E-state index is -1.90. The zero-order valence-corrected chi connectivity index (χ0v) is 23.1. The molecule has 0 radical (unpaired) electrons. The van der Waals surface area contributed by atoms with Crippen LogP contribution in [0.15, 0.2) is 54.6 Å². The predicted molar refractivity (Wildman–Crippen MR) is 122 cm³/mol. The number of aldehydes is 1. The van der Waals surface area contributed by atoms with E-state index in [9.17, 15) is 29.3 Å². The third-order valence-electron chi connectivity index (χ3n) is 7.94. The third-order valence-corrected chi connectivity index (χ3v) is 7.94. The van der Waals surface area contributed by atoms with Crippen molar-refractivity contribution in [3.8, 4) is 0 Å². The Bertz CT molecular complexity index is 1170. The Hall–Kier alpha value is -1.69. The van der Waals surface area contributed by atoms with Crippen LogP contribution < -0.4 is 34.7 Å². The first kappa shape index (κ1) is 28.3. The van der Waals surface area contributed by atoms with Gasteiger partial charge in [-0.15, -0.1) is 0 Å². The number of carboxylic acids is 1. The van der Waals surface area contributed by atoms with Gasteiger partial charge in [0.2, 0.25) is 5.60 Å². The van der Waals surface area contributed by atoms with E-state index in [2.05, 4.69) is 0 Å². The van der Waals surface area contributed by atoms with E-state index in [0.29, 0.717) is 23.8 Å². The van der Waals surface area contributed by atoms with Crippen molar-refractivity contribution in [2.24, 2.45) is 5.92 Å². The maximum absolute atomic E-state index is 13.9. The number of morpholine rings is 1. The molecule has 3 heterocycles. The number of carbonyl (C=O) groups excluding carboxylic acids is 2. The van der Waals surface area contributed by atoms with Crippen molar-refractivity contribution in [1.29, 1.82) is 0 Å². The summed E-state index contributed by atoms with van der Waals surface area (Å²) in [6.45, 7) is 3.96. The first-order chi connectivity index (χ1) is 17.1. The van der Waals surface area contributed by atoms with Gasteiger partial charge < -0.3 is 29.6 Å². The zero-order valence-electron chi connectivity index (χ0n) is 21.1. The van der Waals surface area contributed by atoms with E-state index >= 15 is 0 Å². The quantitative estimate of drug-likeness (QED) is 0.237. The molecular formula is C27H29FNNaO7. The number of carboxylic acid groups (broad SMARTS) is 1. The number of hydrogen-bond donors (Lipinski definition) is 2. The fourth-order valence-electron chi connectivity index (χ4n) is 6.57. The molecule has 0 aliphatic carbocycles. The molecule has 2 aromatic carbocycles. The first-order valence-corrected chi connectivity index (χ1v) is 12.1. The molecule has 2 N–H and O–H groups in total. The maximum Gasteiger partial charge on any atom is 1.00 e. The monoisotopic (exact) mass is 521 g/mol. The van der Waals surface area contributed by atoms with E-state index in [1.54, 1.807) is 29.2 Å². The third kappa shape index (κ3) is 3.71. The summed E-state index contributed by atoms with van der Waals surface area (Å²) >= 11 is 0. The number of ether oxygens (including phenoxy) is 2. The Morgan fingerprint density at radius 3 is 2.41 bits per heavy atom. The molecule has 3 aliphatic heterocycles. The topological polar surface area (TPSA) is 123 Å².